The molecule has 1 aliphatic rings. The molecule has 1 atom stereocenters. The molecule has 3 aromatic rings. The zero-order valence-electron chi connectivity index (χ0n) is 18.2. The Balaban J connectivity index is 1.32. The van der Waals surface area contributed by atoms with Crippen LogP contribution in [0.3, 0.4) is 0 Å². The largest absolute Gasteiger partial charge is 0.309 e. The van der Waals surface area contributed by atoms with Gasteiger partial charge in [0.2, 0.25) is 15.9 Å². The van der Waals surface area contributed by atoms with Crippen LogP contribution in [0.5, 0.6) is 0 Å². The normalized spacial score (nSPS) is 15.5. The lowest BCUT2D eigenvalue weighted by Gasteiger charge is -2.22. The van der Waals surface area contributed by atoms with E-state index in [1.54, 1.807) is 24.3 Å². The van der Waals surface area contributed by atoms with E-state index in [0.717, 1.165) is 23.2 Å². The van der Waals surface area contributed by atoms with E-state index in [9.17, 15) is 13.2 Å². The number of aryl methyl sites for hydroxylation is 1. The lowest BCUT2D eigenvalue weighted by atomic mass is 10.1. The van der Waals surface area contributed by atoms with Crippen molar-refractivity contribution in [1.82, 2.24) is 4.72 Å². The third-order valence-corrected chi connectivity index (χ3v) is 7.36. The van der Waals surface area contributed by atoms with Gasteiger partial charge in [0.25, 0.3) is 0 Å². The fourth-order valence-electron chi connectivity index (χ4n) is 4.21. The fraction of sp³-hybridized carbons (Fsp3) is 0.269. The maximum atomic E-state index is 12.9. The summed E-state index contributed by atoms with van der Waals surface area (Å²) in [6.45, 7) is 2.42. The Morgan fingerprint density at radius 3 is 2.31 bits per heavy atom. The molecule has 0 fully saturated rings. The van der Waals surface area contributed by atoms with Crippen LogP contribution in [0.15, 0.2) is 83.8 Å². The van der Waals surface area contributed by atoms with Gasteiger partial charge in [-0.25, -0.2) is 13.1 Å². The van der Waals surface area contributed by atoms with Gasteiger partial charge in [-0.05, 0) is 61.1 Å². The number of anilines is 1. The van der Waals surface area contributed by atoms with Crippen LogP contribution in [-0.2, 0) is 34.1 Å². The number of nitrogens with one attached hydrogen (secondary N) is 1. The van der Waals surface area contributed by atoms with Gasteiger partial charge in [-0.1, -0.05) is 60.7 Å². The maximum absolute atomic E-state index is 12.9. The number of sulfonamides is 1. The van der Waals surface area contributed by atoms with E-state index in [2.05, 4.69) is 17.7 Å². The Bertz CT molecular complexity index is 1180. The number of benzene rings is 3. The minimum Gasteiger partial charge on any atom is -0.309 e. The summed E-state index contributed by atoms with van der Waals surface area (Å²) in [5.74, 6) is 0.0988. The van der Waals surface area contributed by atoms with Crippen LogP contribution in [0, 0.1) is 0 Å². The number of rotatable bonds is 8. The van der Waals surface area contributed by atoms with E-state index in [-0.39, 0.29) is 16.8 Å². The van der Waals surface area contributed by atoms with Gasteiger partial charge in [0.05, 0.1) is 4.90 Å². The third-order valence-electron chi connectivity index (χ3n) is 5.89. The molecule has 6 heteroatoms. The highest BCUT2D eigenvalue weighted by atomic mass is 32.2. The molecule has 4 rings (SSSR count). The topological polar surface area (TPSA) is 66.5 Å². The molecule has 1 aliphatic heterocycles. The number of amides is 1. The summed E-state index contributed by atoms with van der Waals surface area (Å²) >= 11 is 0. The molecule has 0 unspecified atom stereocenters. The summed E-state index contributed by atoms with van der Waals surface area (Å²) in [5.41, 5.74) is 4.25. The number of carbonyl (C=O) groups is 1. The monoisotopic (exact) mass is 448 g/mol. The summed E-state index contributed by atoms with van der Waals surface area (Å²) < 4.78 is 27.8. The van der Waals surface area contributed by atoms with Crippen molar-refractivity contribution in [3.05, 3.63) is 95.6 Å². The first-order chi connectivity index (χ1) is 15.4. The number of hydrogen-bond acceptors (Lipinski definition) is 3. The first kappa shape index (κ1) is 22.2. The SMILES string of the molecule is C[C@H]1Cc2ccccc2N1C(=O)CCc1ccc(S(=O)(=O)NCCc2ccccc2)cc1. The van der Waals surface area contributed by atoms with Gasteiger partial charge in [-0.15, -0.1) is 0 Å². The molecule has 0 bridgehead atoms. The molecule has 3 aromatic carbocycles. The van der Waals surface area contributed by atoms with E-state index in [4.69, 9.17) is 0 Å². The number of hydrogen-bond donors (Lipinski definition) is 1. The zero-order chi connectivity index (χ0) is 22.6. The van der Waals surface area contributed by atoms with Crippen molar-refractivity contribution in [3.63, 3.8) is 0 Å². The highest BCUT2D eigenvalue weighted by Crippen LogP contribution is 2.32. The number of para-hydroxylation sites is 1. The average Bonchev–Trinajstić information content (AvgIpc) is 3.14. The zero-order valence-corrected chi connectivity index (χ0v) is 19.0. The minimum atomic E-state index is -3.56. The highest BCUT2D eigenvalue weighted by molar-refractivity contribution is 7.89. The molecular weight excluding hydrogens is 420 g/mol. The summed E-state index contributed by atoms with van der Waals surface area (Å²) in [6.07, 6.45) is 2.48. The summed E-state index contributed by atoms with van der Waals surface area (Å²) in [5, 5.41) is 0. The van der Waals surface area contributed by atoms with Gasteiger partial charge >= 0.3 is 0 Å². The van der Waals surface area contributed by atoms with Crippen LogP contribution in [0.1, 0.15) is 30.0 Å². The minimum absolute atomic E-state index is 0.0988. The van der Waals surface area contributed by atoms with E-state index in [1.165, 1.54) is 5.56 Å². The van der Waals surface area contributed by atoms with Crippen molar-refractivity contribution in [2.75, 3.05) is 11.4 Å². The van der Waals surface area contributed by atoms with Gasteiger partial charge < -0.3 is 4.90 Å². The van der Waals surface area contributed by atoms with Crippen LogP contribution in [-0.4, -0.2) is 26.9 Å². The smallest absolute Gasteiger partial charge is 0.240 e. The van der Waals surface area contributed by atoms with Crippen LogP contribution in [0.2, 0.25) is 0 Å². The quantitative estimate of drug-likeness (QED) is 0.564. The van der Waals surface area contributed by atoms with E-state index >= 15 is 0 Å². The van der Waals surface area contributed by atoms with Gasteiger partial charge in [-0.2, -0.15) is 0 Å². The summed E-state index contributed by atoms with van der Waals surface area (Å²) in [6, 6.07) is 24.8. The number of carbonyl (C=O) groups excluding carboxylic acids is 1. The Labute approximate surface area is 190 Å². The van der Waals surface area contributed by atoms with Crippen molar-refractivity contribution in [2.45, 2.75) is 43.5 Å². The average molecular weight is 449 g/mol. The second-order valence-corrected chi connectivity index (χ2v) is 9.99. The van der Waals surface area contributed by atoms with Crippen molar-refractivity contribution in [1.29, 1.82) is 0 Å². The molecule has 0 aromatic heterocycles. The number of fused-ring (bicyclic) bond motifs is 1. The maximum Gasteiger partial charge on any atom is 0.240 e. The molecule has 0 radical (unpaired) electrons. The van der Waals surface area contributed by atoms with E-state index in [1.807, 2.05) is 53.4 Å². The molecule has 0 saturated heterocycles. The summed E-state index contributed by atoms with van der Waals surface area (Å²) in [7, 11) is -3.56. The van der Waals surface area contributed by atoms with Crippen molar-refractivity contribution >= 4 is 21.6 Å². The second kappa shape index (κ2) is 9.67. The van der Waals surface area contributed by atoms with Gasteiger partial charge in [-0.3, -0.25) is 4.79 Å². The standard InChI is InChI=1S/C26H28N2O3S/c1-20-19-23-9-5-6-10-25(23)28(20)26(29)16-13-22-11-14-24(15-12-22)32(30,31)27-18-17-21-7-3-2-4-8-21/h2-12,14-15,20,27H,13,16-19H2,1H3/t20-/m0/s1. The highest BCUT2D eigenvalue weighted by Gasteiger charge is 2.30. The Hall–Kier alpha value is -2.96. The van der Waals surface area contributed by atoms with E-state index < -0.39 is 10.0 Å². The van der Waals surface area contributed by atoms with Crippen molar-refractivity contribution in [3.8, 4) is 0 Å². The van der Waals surface area contributed by atoms with Crippen LogP contribution >= 0.6 is 0 Å². The molecule has 0 aliphatic carbocycles. The fourth-order valence-corrected chi connectivity index (χ4v) is 5.24. The predicted molar refractivity (Wildman–Crippen MR) is 127 cm³/mol. The first-order valence-corrected chi connectivity index (χ1v) is 12.4. The molecule has 1 heterocycles. The van der Waals surface area contributed by atoms with Crippen molar-refractivity contribution in [2.24, 2.45) is 0 Å². The second-order valence-electron chi connectivity index (χ2n) is 8.22. The molecule has 1 amide bonds. The van der Waals surface area contributed by atoms with Gasteiger partial charge in [0.1, 0.15) is 0 Å². The Kier molecular flexibility index (Phi) is 6.72. The lowest BCUT2D eigenvalue weighted by molar-refractivity contribution is -0.118. The number of nitrogens with zero attached hydrogens (tertiary/aromatic N) is 1. The lowest BCUT2D eigenvalue weighted by Crippen LogP contribution is -2.35. The molecule has 166 valence electrons. The Morgan fingerprint density at radius 2 is 1.56 bits per heavy atom. The van der Waals surface area contributed by atoms with Crippen molar-refractivity contribution < 1.29 is 13.2 Å². The van der Waals surface area contributed by atoms with Crippen LogP contribution in [0.25, 0.3) is 0 Å². The molecular formula is C26H28N2O3S. The van der Waals surface area contributed by atoms with Crippen LogP contribution in [0.4, 0.5) is 5.69 Å². The molecule has 0 spiro atoms. The molecule has 1 N–H and O–H groups in total. The third kappa shape index (κ3) is 5.09. The summed E-state index contributed by atoms with van der Waals surface area (Å²) in [4.78, 5) is 15.0. The molecule has 5 nitrogen and oxygen atoms in total. The Morgan fingerprint density at radius 1 is 0.906 bits per heavy atom. The van der Waals surface area contributed by atoms with Gasteiger partial charge in [0.15, 0.2) is 0 Å². The molecule has 32 heavy (non-hydrogen) atoms. The van der Waals surface area contributed by atoms with Crippen LogP contribution < -0.4 is 9.62 Å². The molecule has 0 saturated carbocycles. The predicted octanol–water partition coefficient (Wildman–Crippen LogP) is 4.12. The first-order valence-electron chi connectivity index (χ1n) is 11.0. The van der Waals surface area contributed by atoms with E-state index in [0.29, 0.717) is 25.8 Å². The van der Waals surface area contributed by atoms with Gasteiger partial charge in [0, 0.05) is 24.7 Å².